The van der Waals surface area contributed by atoms with Crippen LogP contribution < -0.4 is 0 Å². The van der Waals surface area contributed by atoms with E-state index in [2.05, 4.69) is 6.92 Å². The van der Waals surface area contributed by atoms with Crippen molar-refractivity contribution in [2.24, 2.45) is 0 Å². The topological polar surface area (TPSA) is 49.7 Å². The van der Waals surface area contributed by atoms with Crippen LogP contribution in [0.25, 0.3) is 0 Å². The second kappa shape index (κ2) is 13.5. The van der Waals surface area contributed by atoms with Crippen LogP contribution in [-0.2, 0) is 4.74 Å². The molecular formula is C9H22O3. The molecule has 0 heterocycles. The van der Waals surface area contributed by atoms with Crippen molar-refractivity contribution in [1.29, 1.82) is 0 Å². The van der Waals surface area contributed by atoms with Crippen molar-refractivity contribution >= 4 is 0 Å². The Kier molecular flexibility index (Phi) is 16.2. The second-order valence-corrected chi connectivity index (χ2v) is 2.19. The SMILES string of the molecule is CC.CCCCC(O)OCCO. The van der Waals surface area contributed by atoms with Gasteiger partial charge in [0.15, 0.2) is 6.29 Å². The fourth-order valence-electron chi connectivity index (χ4n) is 0.651. The first-order chi connectivity index (χ1) is 5.81. The van der Waals surface area contributed by atoms with Crippen molar-refractivity contribution in [2.75, 3.05) is 13.2 Å². The summed E-state index contributed by atoms with van der Waals surface area (Å²) in [5.41, 5.74) is 0. The predicted octanol–water partition coefficient (Wildman–Crippen LogP) is 1.53. The van der Waals surface area contributed by atoms with Gasteiger partial charge in [-0.15, -0.1) is 0 Å². The van der Waals surface area contributed by atoms with Gasteiger partial charge in [0.1, 0.15) is 0 Å². The molecule has 1 unspecified atom stereocenters. The van der Waals surface area contributed by atoms with Crippen LogP contribution >= 0.6 is 0 Å². The molecule has 0 saturated carbocycles. The lowest BCUT2D eigenvalue weighted by molar-refractivity contribution is -0.111. The van der Waals surface area contributed by atoms with E-state index in [9.17, 15) is 0 Å². The summed E-state index contributed by atoms with van der Waals surface area (Å²) in [7, 11) is 0. The van der Waals surface area contributed by atoms with Gasteiger partial charge < -0.3 is 14.9 Å². The third-order valence-electron chi connectivity index (χ3n) is 1.21. The van der Waals surface area contributed by atoms with Gasteiger partial charge in [-0.3, -0.25) is 0 Å². The standard InChI is InChI=1S/C7H16O3.C2H6/c1-2-3-4-7(9)10-6-5-8;1-2/h7-9H,2-6H2,1H3;1-2H3. The van der Waals surface area contributed by atoms with Gasteiger partial charge >= 0.3 is 0 Å². The molecule has 1 atom stereocenters. The van der Waals surface area contributed by atoms with Gasteiger partial charge in [0.25, 0.3) is 0 Å². The van der Waals surface area contributed by atoms with E-state index in [0.29, 0.717) is 6.42 Å². The van der Waals surface area contributed by atoms with Crippen molar-refractivity contribution in [2.45, 2.75) is 46.3 Å². The maximum Gasteiger partial charge on any atom is 0.154 e. The minimum Gasteiger partial charge on any atom is -0.394 e. The molecule has 2 N–H and O–H groups in total. The minimum absolute atomic E-state index is 0.0246. The van der Waals surface area contributed by atoms with Gasteiger partial charge in [-0.1, -0.05) is 27.2 Å². The average molecular weight is 178 g/mol. The maximum atomic E-state index is 8.98. The first-order valence-electron chi connectivity index (χ1n) is 4.71. The van der Waals surface area contributed by atoms with Gasteiger partial charge in [-0.05, 0) is 12.8 Å². The molecule has 0 fully saturated rings. The summed E-state index contributed by atoms with van der Waals surface area (Å²) in [5, 5.41) is 17.3. The number of hydrogen-bond donors (Lipinski definition) is 2. The van der Waals surface area contributed by atoms with Crippen molar-refractivity contribution in [3.8, 4) is 0 Å². The highest BCUT2D eigenvalue weighted by molar-refractivity contribution is 4.41. The van der Waals surface area contributed by atoms with Crippen LogP contribution in [0.3, 0.4) is 0 Å². The van der Waals surface area contributed by atoms with Crippen LogP contribution in [0.5, 0.6) is 0 Å². The van der Waals surface area contributed by atoms with E-state index in [1.54, 1.807) is 0 Å². The van der Waals surface area contributed by atoms with Crippen molar-refractivity contribution < 1.29 is 14.9 Å². The van der Waals surface area contributed by atoms with E-state index in [0.717, 1.165) is 12.8 Å². The van der Waals surface area contributed by atoms with Gasteiger partial charge in [0.2, 0.25) is 0 Å². The molecule has 0 aromatic heterocycles. The van der Waals surface area contributed by atoms with Crippen LogP contribution in [0.2, 0.25) is 0 Å². The highest BCUT2D eigenvalue weighted by Crippen LogP contribution is 2.00. The highest BCUT2D eigenvalue weighted by atomic mass is 16.6. The summed E-state index contributed by atoms with van der Waals surface area (Å²) in [6.45, 7) is 6.26. The summed E-state index contributed by atoms with van der Waals surface area (Å²) in [6, 6.07) is 0. The Labute approximate surface area is 75.4 Å². The molecule has 0 aliphatic heterocycles. The first kappa shape index (κ1) is 14.4. The molecule has 0 spiro atoms. The molecule has 0 aliphatic rings. The predicted molar refractivity (Wildman–Crippen MR) is 49.9 cm³/mol. The molecule has 3 heteroatoms. The molecule has 76 valence electrons. The Hall–Kier alpha value is -0.120. The second-order valence-electron chi connectivity index (χ2n) is 2.19. The number of aliphatic hydroxyl groups is 2. The number of unbranched alkanes of at least 4 members (excludes halogenated alkanes) is 1. The van der Waals surface area contributed by atoms with Crippen LogP contribution in [0.4, 0.5) is 0 Å². The largest absolute Gasteiger partial charge is 0.394 e. The Balaban J connectivity index is 0. The zero-order chi connectivity index (χ0) is 9.82. The Morgan fingerprint density at radius 2 is 1.92 bits per heavy atom. The summed E-state index contributed by atoms with van der Waals surface area (Å²) in [4.78, 5) is 0. The van der Waals surface area contributed by atoms with E-state index in [-0.39, 0.29) is 13.2 Å². The molecule has 0 aromatic carbocycles. The van der Waals surface area contributed by atoms with Crippen LogP contribution in [0.15, 0.2) is 0 Å². The third kappa shape index (κ3) is 12.5. The summed E-state index contributed by atoms with van der Waals surface area (Å²) < 4.78 is 4.80. The lowest BCUT2D eigenvalue weighted by atomic mass is 10.2. The molecule has 0 bridgehead atoms. The summed E-state index contributed by atoms with van der Waals surface area (Å²) in [6.07, 6.45) is 2.00. The van der Waals surface area contributed by atoms with E-state index in [4.69, 9.17) is 14.9 Å². The monoisotopic (exact) mass is 178 g/mol. The van der Waals surface area contributed by atoms with Crippen molar-refractivity contribution in [3.05, 3.63) is 0 Å². The molecule has 0 rings (SSSR count). The Bertz CT molecular complexity index is 58.8. The Morgan fingerprint density at radius 3 is 2.33 bits per heavy atom. The van der Waals surface area contributed by atoms with E-state index in [1.807, 2.05) is 13.8 Å². The fourth-order valence-corrected chi connectivity index (χ4v) is 0.651. The molecular weight excluding hydrogens is 156 g/mol. The van der Waals surface area contributed by atoms with E-state index >= 15 is 0 Å². The zero-order valence-electron chi connectivity index (χ0n) is 8.42. The number of hydrogen-bond acceptors (Lipinski definition) is 3. The molecule has 0 radical (unpaired) electrons. The van der Waals surface area contributed by atoms with Gasteiger partial charge in [-0.2, -0.15) is 0 Å². The molecule has 0 amide bonds. The summed E-state index contributed by atoms with van der Waals surface area (Å²) >= 11 is 0. The zero-order valence-corrected chi connectivity index (χ0v) is 8.42. The van der Waals surface area contributed by atoms with Crippen LogP contribution in [-0.4, -0.2) is 29.7 Å². The average Bonchev–Trinajstić information content (AvgIpc) is 2.14. The molecule has 0 aromatic rings. The molecule has 0 aliphatic carbocycles. The number of ether oxygens (including phenoxy) is 1. The first-order valence-corrected chi connectivity index (χ1v) is 4.71. The third-order valence-corrected chi connectivity index (χ3v) is 1.21. The number of aliphatic hydroxyl groups excluding tert-OH is 2. The van der Waals surface area contributed by atoms with Crippen molar-refractivity contribution in [3.63, 3.8) is 0 Å². The molecule has 0 saturated heterocycles. The molecule has 3 nitrogen and oxygen atoms in total. The van der Waals surface area contributed by atoms with Crippen LogP contribution in [0.1, 0.15) is 40.0 Å². The minimum atomic E-state index is -0.688. The van der Waals surface area contributed by atoms with Crippen molar-refractivity contribution in [1.82, 2.24) is 0 Å². The lowest BCUT2D eigenvalue weighted by Crippen LogP contribution is -2.14. The fraction of sp³-hybridized carbons (Fsp3) is 1.00. The van der Waals surface area contributed by atoms with Crippen LogP contribution in [0, 0.1) is 0 Å². The number of rotatable bonds is 6. The quantitative estimate of drug-likeness (QED) is 0.606. The van der Waals surface area contributed by atoms with Gasteiger partial charge in [0.05, 0.1) is 13.2 Å². The lowest BCUT2D eigenvalue weighted by Gasteiger charge is -2.09. The van der Waals surface area contributed by atoms with Gasteiger partial charge in [-0.25, -0.2) is 0 Å². The maximum absolute atomic E-state index is 8.98. The van der Waals surface area contributed by atoms with E-state index in [1.165, 1.54) is 0 Å². The van der Waals surface area contributed by atoms with Gasteiger partial charge in [0, 0.05) is 0 Å². The highest BCUT2D eigenvalue weighted by Gasteiger charge is 2.00. The van der Waals surface area contributed by atoms with E-state index < -0.39 is 6.29 Å². The summed E-state index contributed by atoms with van der Waals surface area (Å²) in [5.74, 6) is 0. The Morgan fingerprint density at radius 1 is 1.33 bits per heavy atom. The normalized spacial score (nSPS) is 11.8. The molecule has 12 heavy (non-hydrogen) atoms. The smallest absolute Gasteiger partial charge is 0.154 e.